The molecule has 0 aliphatic carbocycles. The molecule has 1 atom stereocenters. The largest absolute Gasteiger partial charge is 0.328 e. The SMILES string of the molecule is O=C(c1ccc(Cl)nc1)N1CCC[C@@H]1c1nnc2ccccn12. The lowest BCUT2D eigenvalue weighted by Gasteiger charge is -2.23. The third-order valence-electron chi connectivity index (χ3n) is 4.13. The van der Waals surface area contributed by atoms with Gasteiger partial charge in [0.15, 0.2) is 11.5 Å². The fourth-order valence-corrected chi connectivity index (χ4v) is 3.15. The molecular formula is C16H14ClN5O. The van der Waals surface area contributed by atoms with Crippen LogP contribution in [-0.4, -0.2) is 36.9 Å². The third kappa shape index (κ3) is 2.45. The zero-order valence-corrected chi connectivity index (χ0v) is 13.0. The molecule has 0 aromatic carbocycles. The zero-order chi connectivity index (χ0) is 15.8. The Morgan fingerprint density at radius 2 is 2.13 bits per heavy atom. The van der Waals surface area contributed by atoms with E-state index in [1.54, 1.807) is 12.1 Å². The summed E-state index contributed by atoms with van der Waals surface area (Å²) in [6.07, 6.45) is 5.26. The van der Waals surface area contributed by atoms with Crippen molar-refractivity contribution in [1.29, 1.82) is 0 Å². The molecule has 4 heterocycles. The number of halogens is 1. The number of hydrogen-bond acceptors (Lipinski definition) is 4. The molecule has 3 aromatic rings. The maximum absolute atomic E-state index is 12.8. The Bertz CT molecular complexity index is 860. The summed E-state index contributed by atoms with van der Waals surface area (Å²) in [5.41, 5.74) is 1.32. The van der Waals surface area contributed by atoms with Crippen molar-refractivity contribution < 1.29 is 4.79 Å². The Hall–Kier alpha value is -2.47. The summed E-state index contributed by atoms with van der Waals surface area (Å²) < 4.78 is 1.94. The smallest absolute Gasteiger partial charge is 0.256 e. The summed E-state index contributed by atoms with van der Waals surface area (Å²) >= 11 is 5.79. The maximum atomic E-state index is 12.8. The first-order valence-corrected chi connectivity index (χ1v) is 7.84. The lowest BCUT2D eigenvalue weighted by atomic mass is 10.2. The van der Waals surface area contributed by atoms with Crippen molar-refractivity contribution in [2.75, 3.05) is 6.54 Å². The van der Waals surface area contributed by atoms with Gasteiger partial charge in [0.2, 0.25) is 0 Å². The normalized spacial score (nSPS) is 17.8. The molecule has 7 heteroatoms. The molecule has 3 aromatic heterocycles. The summed E-state index contributed by atoms with van der Waals surface area (Å²) in [5, 5.41) is 8.86. The van der Waals surface area contributed by atoms with E-state index in [2.05, 4.69) is 15.2 Å². The molecule has 116 valence electrons. The molecule has 0 unspecified atom stereocenters. The molecular weight excluding hydrogens is 314 g/mol. The van der Waals surface area contributed by atoms with E-state index in [1.807, 2.05) is 33.7 Å². The number of pyridine rings is 2. The minimum Gasteiger partial charge on any atom is -0.328 e. The first-order valence-electron chi connectivity index (χ1n) is 7.46. The quantitative estimate of drug-likeness (QED) is 0.679. The average molecular weight is 328 g/mol. The van der Waals surface area contributed by atoms with Gasteiger partial charge in [-0.3, -0.25) is 9.20 Å². The second-order valence-electron chi connectivity index (χ2n) is 5.51. The predicted octanol–water partition coefficient (Wildman–Crippen LogP) is 2.76. The van der Waals surface area contributed by atoms with Crippen LogP contribution in [-0.2, 0) is 0 Å². The summed E-state index contributed by atoms with van der Waals surface area (Å²) in [5.74, 6) is 0.748. The van der Waals surface area contributed by atoms with Gasteiger partial charge in [-0.25, -0.2) is 4.98 Å². The number of aromatic nitrogens is 4. The van der Waals surface area contributed by atoms with Crippen LogP contribution in [0.2, 0.25) is 5.15 Å². The van der Waals surface area contributed by atoms with Gasteiger partial charge in [0, 0.05) is 18.9 Å². The number of fused-ring (bicyclic) bond motifs is 1. The molecule has 1 aliphatic heterocycles. The maximum Gasteiger partial charge on any atom is 0.256 e. The highest BCUT2D eigenvalue weighted by atomic mass is 35.5. The van der Waals surface area contributed by atoms with Gasteiger partial charge in [-0.15, -0.1) is 10.2 Å². The minimum atomic E-state index is -0.0735. The van der Waals surface area contributed by atoms with Gasteiger partial charge in [-0.05, 0) is 37.1 Å². The topological polar surface area (TPSA) is 63.4 Å². The van der Waals surface area contributed by atoms with Crippen LogP contribution in [0, 0.1) is 0 Å². The van der Waals surface area contributed by atoms with Gasteiger partial charge in [-0.1, -0.05) is 17.7 Å². The molecule has 4 rings (SSSR count). The fourth-order valence-electron chi connectivity index (χ4n) is 3.03. The molecule has 23 heavy (non-hydrogen) atoms. The van der Waals surface area contributed by atoms with Gasteiger partial charge in [0.25, 0.3) is 5.91 Å². The van der Waals surface area contributed by atoms with E-state index in [0.717, 1.165) is 24.3 Å². The molecule has 1 saturated heterocycles. The van der Waals surface area contributed by atoms with Gasteiger partial charge >= 0.3 is 0 Å². The van der Waals surface area contributed by atoms with Crippen molar-refractivity contribution >= 4 is 23.2 Å². The average Bonchev–Trinajstić information content (AvgIpc) is 3.21. The predicted molar refractivity (Wildman–Crippen MR) is 85.2 cm³/mol. The van der Waals surface area contributed by atoms with Crippen LogP contribution >= 0.6 is 11.6 Å². The van der Waals surface area contributed by atoms with Crippen molar-refractivity contribution in [2.24, 2.45) is 0 Å². The van der Waals surface area contributed by atoms with E-state index in [-0.39, 0.29) is 11.9 Å². The van der Waals surface area contributed by atoms with Crippen molar-refractivity contribution in [3.05, 3.63) is 59.3 Å². The van der Waals surface area contributed by atoms with E-state index >= 15 is 0 Å². The minimum absolute atomic E-state index is 0.0515. The monoisotopic (exact) mass is 327 g/mol. The summed E-state index contributed by atoms with van der Waals surface area (Å²) in [6.45, 7) is 0.702. The molecule has 1 amide bonds. The van der Waals surface area contributed by atoms with Crippen LogP contribution in [0.15, 0.2) is 42.7 Å². The number of likely N-dealkylation sites (tertiary alicyclic amines) is 1. The van der Waals surface area contributed by atoms with Gasteiger partial charge in [0.1, 0.15) is 5.15 Å². The lowest BCUT2D eigenvalue weighted by Crippen LogP contribution is -2.31. The van der Waals surface area contributed by atoms with Gasteiger partial charge < -0.3 is 4.90 Å². The van der Waals surface area contributed by atoms with E-state index in [9.17, 15) is 4.79 Å². The molecule has 1 aliphatic rings. The first kappa shape index (κ1) is 14.1. The zero-order valence-electron chi connectivity index (χ0n) is 12.3. The highest BCUT2D eigenvalue weighted by Gasteiger charge is 2.33. The van der Waals surface area contributed by atoms with E-state index in [1.165, 1.54) is 6.20 Å². The second kappa shape index (κ2) is 5.62. The van der Waals surface area contributed by atoms with Crippen molar-refractivity contribution in [1.82, 2.24) is 24.5 Å². The van der Waals surface area contributed by atoms with E-state index < -0.39 is 0 Å². The number of rotatable bonds is 2. The number of nitrogens with zero attached hydrogens (tertiary/aromatic N) is 5. The van der Waals surface area contributed by atoms with Crippen LogP contribution in [0.5, 0.6) is 0 Å². The third-order valence-corrected chi connectivity index (χ3v) is 4.35. The highest BCUT2D eigenvalue weighted by Crippen LogP contribution is 2.32. The Morgan fingerprint density at radius 1 is 1.22 bits per heavy atom. The summed E-state index contributed by atoms with van der Waals surface area (Å²) in [7, 11) is 0. The first-order chi connectivity index (χ1) is 11.2. The van der Waals surface area contributed by atoms with Crippen molar-refractivity contribution in [3.8, 4) is 0 Å². The molecule has 0 radical (unpaired) electrons. The number of hydrogen-bond donors (Lipinski definition) is 0. The van der Waals surface area contributed by atoms with Crippen LogP contribution in [0.1, 0.15) is 35.1 Å². The van der Waals surface area contributed by atoms with Crippen molar-refractivity contribution in [3.63, 3.8) is 0 Å². The van der Waals surface area contributed by atoms with Crippen LogP contribution < -0.4 is 0 Å². The molecule has 0 N–H and O–H groups in total. The summed E-state index contributed by atoms with van der Waals surface area (Å²) in [4.78, 5) is 18.6. The molecule has 1 fully saturated rings. The van der Waals surface area contributed by atoms with E-state index in [4.69, 9.17) is 11.6 Å². The fraction of sp³-hybridized carbons (Fsp3) is 0.250. The van der Waals surface area contributed by atoms with E-state index in [0.29, 0.717) is 17.3 Å². The van der Waals surface area contributed by atoms with Crippen LogP contribution in [0.25, 0.3) is 5.65 Å². The Kier molecular flexibility index (Phi) is 3.46. The molecule has 0 spiro atoms. The van der Waals surface area contributed by atoms with Crippen LogP contribution in [0.4, 0.5) is 0 Å². The number of carbonyl (C=O) groups is 1. The summed E-state index contributed by atoms with van der Waals surface area (Å²) in [6, 6.07) is 9.02. The molecule has 6 nitrogen and oxygen atoms in total. The highest BCUT2D eigenvalue weighted by molar-refractivity contribution is 6.29. The number of carbonyl (C=O) groups excluding carboxylic acids is 1. The second-order valence-corrected chi connectivity index (χ2v) is 5.90. The van der Waals surface area contributed by atoms with Gasteiger partial charge in [-0.2, -0.15) is 0 Å². The Labute approximate surface area is 137 Å². The molecule has 0 bridgehead atoms. The lowest BCUT2D eigenvalue weighted by molar-refractivity contribution is 0.0729. The standard InChI is InChI=1S/C16H14ClN5O/c17-13-7-6-11(10-18-13)16(23)21-9-3-4-12(21)15-20-19-14-5-1-2-8-22(14)15/h1-2,5-8,10,12H,3-4,9H2/t12-/m1/s1. The van der Waals surface area contributed by atoms with Gasteiger partial charge in [0.05, 0.1) is 11.6 Å². The number of amides is 1. The van der Waals surface area contributed by atoms with Crippen molar-refractivity contribution in [2.45, 2.75) is 18.9 Å². The Balaban J connectivity index is 1.69. The Morgan fingerprint density at radius 3 is 2.96 bits per heavy atom. The van der Waals surface area contributed by atoms with Crippen LogP contribution in [0.3, 0.4) is 0 Å². The molecule has 0 saturated carbocycles.